The van der Waals surface area contributed by atoms with Crippen molar-refractivity contribution in [1.29, 1.82) is 0 Å². The Morgan fingerprint density at radius 1 is 1.12 bits per heavy atom. The van der Waals surface area contributed by atoms with Gasteiger partial charge in [0.1, 0.15) is 11.6 Å². The van der Waals surface area contributed by atoms with Crippen molar-refractivity contribution in [3.8, 4) is 0 Å². The number of esters is 1. The number of anilines is 1. The summed E-state index contributed by atoms with van der Waals surface area (Å²) in [6.07, 6.45) is 0.462. The standard InChI is InChI=1S/C22H19N5O4S/c1-13(27-20(29)15-10-6-7-11-16(15)25-26-27)19(28)24-22-23-18(21(30)31-2)17(32-22)12-14-8-4-3-5-9-14/h3-11,13H,12H2,1-2H3,(H,23,24,28). The predicted molar refractivity (Wildman–Crippen MR) is 120 cm³/mol. The van der Waals surface area contributed by atoms with Crippen LogP contribution in [0.2, 0.25) is 0 Å². The van der Waals surface area contributed by atoms with Gasteiger partial charge in [0.15, 0.2) is 10.8 Å². The summed E-state index contributed by atoms with van der Waals surface area (Å²) in [5.41, 5.74) is 1.17. The number of rotatable bonds is 6. The summed E-state index contributed by atoms with van der Waals surface area (Å²) in [6.45, 7) is 1.54. The van der Waals surface area contributed by atoms with Gasteiger partial charge in [0, 0.05) is 11.3 Å². The molecule has 2 heterocycles. The number of hydrogen-bond donors (Lipinski definition) is 1. The highest BCUT2D eigenvalue weighted by Crippen LogP contribution is 2.27. The maximum absolute atomic E-state index is 12.8. The van der Waals surface area contributed by atoms with Gasteiger partial charge in [-0.15, -0.1) is 16.4 Å². The molecule has 0 aliphatic rings. The Morgan fingerprint density at radius 3 is 2.59 bits per heavy atom. The number of nitrogens with one attached hydrogen (secondary N) is 1. The number of methoxy groups -OCH3 is 1. The molecule has 0 aliphatic carbocycles. The lowest BCUT2D eigenvalue weighted by Crippen LogP contribution is -2.34. The van der Waals surface area contributed by atoms with Gasteiger partial charge >= 0.3 is 5.97 Å². The lowest BCUT2D eigenvalue weighted by molar-refractivity contribution is -0.119. The van der Waals surface area contributed by atoms with Crippen molar-refractivity contribution in [2.75, 3.05) is 12.4 Å². The van der Waals surface area contributed by atoms with Crippen LogP contribution in [0.5, 0.6) is 0 Å². The molecule has 4 rings (SSSR count). The van der Waals surface area contributed by atoms with Crippen molar-refractivity contribution in [1.82, 2.24) is 20.0 Å². The van der Waals surface area contributed by atoms with Crippen molar-refractivity contribution >= 4 is 39.2 Å². The van der Waals surface area contributed by atoms with E-state index in [4.69, 9.17) is 4.74 Å². The molecule has 162 valence electrons. The Labute approximate surface area is 186 Å². The first-order valence-corrected chi connectivity index (χ1v) is 10.6. The molecule has 1 atom stereocenters. The van der Waals surface area contributed by atoms with Crippen LogP contribution in [0.25, 0.3) is 10.9 Å². The molecule has 0 spiro atoms. The number of fused-ring (bicyclic) bond motifs is 1. The van der Waals surface area contributed by atoms with Crippen molar-refractivity contribution in [3.63, 3.8) is 0 Å². The fraction of sp³-hybridized carbons (Fsp3) is 0.182. The van der Waals surface area contributed by atoms with Crippen LogP contribution in [-0.4, -0.2) is 39.0 Å². The fourth-order valence-corrected chi connectivity index (χ4v) is 4.13. The maximum Gasteiger partial charge on any atom is 0.357 e. The molecule has 2 aromatic heterocycles. The summed E-state index contributed by atoms with van der Waals surface area (Å²) in [6, 6.07) is 15.4. The Morgan fingerprint density at radius 2 is 1.84 bits per heavy atom. The number of carbonyl (C=O) groups is 2. The molecule has 32 heavy (non-hydrogen) atoms. The molecule has 0 aliphatic heterocycles. The Balaban J connectivity index is 1.59. The van der Waals surface area contributed by atoms with E-state index >= 15 is 0 Å². The number of aromatic nitrogens is 4. The van der Waals surface area contributed by atoms with Gasteiger partial charge in [0.2, 0.25) is 0 Å². The van der Waals surface area contributed by atoms with Crippen molar-refractivity contribution in [2.24, 2.45) is 0 Å². The molecular formula is C22H19N5O4S. The third-order valence-corrected chi connectivity index (χ3v) is 5.82. The normalized spacial score (nSPS) is 11.8. The predicted octanol–water partition coefficient (Wildman–Crippen LogP) is 2.83. The summed E-state index contributed by atoms with van der Waals surface area (Å²) in [7, 11) is 1.28. The number of thiazole rings is 1. The van der Waals surface area contributed by atoms with Crippen LogP contribution in [0.3, 0.4) is 0 Å². The van der Waals surface area contributed by atoms with E-state index in [1.54, 1.807) is 31.2 Å². The van der Waals surface area contributed by atoms with E-state index in [0.717, 1.165) is 10.2 Å². The number of ether oxygens (including phenoxy) is 1. The lowest BCUT2D eigenvalue weighted by Gasteiger charge is -2.12. The Kier molecular flexibility index (Phi) is 6.04. The minimum atomic E-state index is -0.942. The van der Waals surface area contributed by atoms with Crippen LogP contribution in [-0.2, 0) is 16.0 Å². The summed E-state index contributed by atoms with van der Waals surface area (Å²) < 4.78 is 5.86. The van der Waals surface area contributed by atoms with Crippen molar-refractivity contribution < 1.29 is 14.3 Å². The molecular weight excluding hydrogens is 430 g/mol. The maximum atomic E-state index is 12.8. The number of benzene rings is 2. The molecule has 0 fully saturated rings. The summed E-state index contributed by atoms with van der Waals surface area (Å²) in [5, 5.41) is 11.2. The Bertz CT molecular complexity index is 1350. The smallest absolute Gasteiger partial charge is 0.357 e. The van der Waals surface area contributed by atoms with Crippen molar-refractivity contribution in [2.45, 2.75) is 19.4 Å². The van der Waals surface area contributed by atoms with Gasteiger partial charge in [-0.05, 0) is 24.6 Å². The quantitative estimate of drug-likeness (QED) is 0.450. The lowest BCUT2D eigenvalue weighted by atomic mass is 10.1. The van der Waals surface area contributed by atoms with Gasteiger partial charge in [-0.25, -0.2) is 9.78 Å². The average Bonchev–Trinajstić information content (AvgIpc) is 3.21. The third-order valence-electron chi connectivity index (χ3n) is 4.85. The van der Waals surface area contributed by atoms with Gasteiger partial charge in [-0.1, -0.05) is 47.7 Å². The van der Waals surface area contributed by atoms with E-state index in [1.807, 2.05) is 30.3 Å². The largest absolute Gasteiger partial charge is 0.464 e. The molecule has 0 radical (unpaired) electrons. The topological polar surface area (TPSA) is 116 Å². The molecule has 9 nitrogen and oxygen atoms in total. The van der Waals surface area contributed by atoms with Crippen LogP contribution < -0.4 is 10.9 Å². The number of amides is 1. The van der Waals surface area contributed by atoms with Crippen molar-refractivity contribution in [3.05, 3.63) is 81.1 Å². The monoisotopic (exact) mass is 449 g/mol. The molecule has 0 saturated heterocycles. The van der Waals surface area contributed by atoms with Gasteiger partial charge < -0.3 is 10.1 Å². The minimum Gasteiger partial charge on any atom is -0.464 e. The van der Waals surface area contributed by atoms with E-state index < -0.39 is 23.5 Å². The molecule has 10 heteroatoms. The molecule has 2 aromatic carbocycles. The highest BCUT2D eigenvalue weighted by molar-refractivity contribution is 7.16. The van der Waals surface area contributed by atoms with Gasteiger partial charge in [0.05, 0.1) is 12.5 Å². The van der Waals surface area contributed by atoms with Crippen LogP contribution >= 0.6 is 11.3 Å². The van der Waals surface area contributed by atoms with E-state index in [-0.39, 0.29) is 10.8 Å². The molecule has 1 unspecified atom stereocenters. The van der Waals surface area contributed by atoms with E-state index in [1.165, 1.54) is 18.4 Å². The van der Waals surface area contributed by atoms with Crippen LogP contribution in [0.4, 0.5) is 5.13 Å². The van der Waals surface area contributed by atoms with Gasteiger partial charge in [0.25, 0.3) is 11.5 Å². The first kappa shape index (κ1) is 21.3. The van der Waals surface area contributed by atoms with Crippen LogP contribution in [0.15, 0.2) is 59.4 Å². The molecule has 1 amide bonds. The second-order valence-corrected chi connectivity index (χ2v) is 8.05. The first-order chi connectivity index (χ1) is 15.5. The first-order valence-electron chi connectivity index (χ1n) is 9.75. The van der Waals surface area contributed by atoms with Crippen LogP contribution in [0, 0.1) is 0 Å². The number of carbonyl (C=O) groups excluding carboxylic acids is 2. The Hall–Kier alpha value is -3.92. The van der Waals surface area contributed by atoms with Crippen LogP contribution in [0.1, 0.15) is 33.9 Å². The van der Waals surface area contributed by atoms with E-state index in [0.29, 0.717) is 22.2 Å². The second kappa shape index (κ2) is 9.06. The minimum absolute atomic E-state index is 0.145. The third kappa shape index (κ3) is 4.26. The molecule has 0 saturated carbocycles. The fourth-order valence-electron chi connectivity index (χ4n) is 3.14. The highest BCUT2D eigenvalue weighted by atomic mass is 32.1. The zero-order chi connectivity index (χ0) is 22.7. The SMILES string of the molecule is COC(=O)c1nc(NC(=O)C(C)n2nnc3ccccc3c2=O)sc1Cc1ccccc1. The average molecular weight is 449 g/mol. The summed E-state index contributed by atoms with van der Waals surface area (Å²) >= 11 is 1.18. The molecule has 1 N–H and O–H groups in total. The molecule has 0 bridgehead atoms. The summed E-state index contributed by atoms with van der Waals surface area (Å²) in [5.74, 6) is -1.09. The summed E-state index contributed by atoms with van der Waals surface area (Å²) in [4.78, 5) is 42.7. The van der Waals surface area contributed by atoms with E-state index in [9.17, 15) is 14.4 Å². The number of hydrogen-bond acceptors (Lipinski definition) is 8. The van der Waals surface area contributed by atoms with Gasteiger partial charge in [-0.2, -0.15) is 4.68 Å². The molecule has 4 aromatic rings. The second-order valence-electron chi connectivity index (χ2n) is 6.97. The zero-order valence-corrected chi connectivity index (χ0v) is 18.1. The zero-order valence-electron chi connectivity index (χ0n) is 17.3. The van der Waals surface area contributed by atoms with E-state index in [2.05, 4.69) is 20.6 Å². The number of nitrogens with zero attached hydrogens (tertiary/aromatic N) is 4. The van der Waals surface area contributed by atoms with Gasteiger partial charge in [-0.3, -0.25) is 9.59 Å². The highest BCUT2D eigenvalue weighted by Gasteiger charge is 2.24.